The molecule has 0 atom stereocenters. The first-order chi connectivity index (χ1) is 11.8. The number of methoxy groups -OCH3 is 2. The van der Waals surface area contributed by atoms with Crippen molar-refractivity contribution in [3.05, 3.63) is 58.0 Å². The van der Waals surface area contributed by atoms with E-state index in [1.807, 2.05) is 0 Å². The molecule has 0 fully saturated rings. The maximum Gasteiger partial charge on any atom is 0.355 e. The zero-order chi connectivity index (χ0) is 18.7. The standard InChI is InChI=1S/C16H15N3O6/c1-9(2)11-6-13(16(21)25-4)18(8-11)14-12(19(22)23)5-10(7-17-14)15(20)24-3/h5-8H,1H2,2-4H3. The molecule has 0 spiro atoms. The van der Waals surface area contributed by atoms with Gasteiger partial charge in [0.15, 0.2) is 0 Å². The monoisotopic (exact) mass is 345 g/mol. The van der Waals surface area contributed by atoms with Gasteiger partial charge in [0, 0.05) is 18.5 Å². The summed E-state index contributed by atoms with van der Waals surface area (Å²) in [5.74, 6) is -1.59. The van der Waals surface area contributed by atoms with Crippen LogP contribution in [-0.2, 0) is 9.47 Å². The number of pyridine rings is 1. The Hall–Kier alpha value is -3.49. The first-order valence-electron chi connectivity index (χ1n) is 6.99. The molecular weight excluding hydrogens is 330 g/mol. The van der Waals surface area contributed by atoms with Crippen LogP contribution in [-0.4, -0.2) is 40.6 Å². The van der Waals surface area contributed by atoms with Crippen LogP contribution in [0.25, 0.3) is 11.4 Å². The lowest BCUT2D eigenvalue weighted by Gasteiger charge is -2.08. The van der Waals surface area contributed by atoms with Gasteiger partial charge in [0.25, 0.3) is 0 Å². The van der Waals surface area contributed by atoms with Crippen molar-refractivity contribution in [3.8, 4) is 5.82 Å². The molecule has 2 aromatic rings. The molecule has 0 N–H and O–H groups in total. The molecular formula is C16H15N3O6. The minimum Gasteiger partial charge on any atom is -0.465 e. The number of nitrogens with zero attached hydrogens (tertiary/aromatic N) is 3. The molecule has 130 valence electrons. The topological polar surface area (TPSA) is 114 Å². The second-order valence-electron chi connectivity index (χ2n) is 5.07. The van der Waals surface area contributed by atoms with Gasteiger partial charge in [0.2, 0.25) is 5.82 Å². The van der Waals surface area contributed by atoms with E-state index in [1.54, 1.807) is 6.92 Å². The highest BCUT2D eigenvalue weighted by molar-refractivity contribution is 5.91. The molecule has 0 saturated carbocycles. The summed E-state index contributed by atoms with van der Waals surface area (Å²) in [6, 6.07) is 2.53. The largest absolute Gasteiger partial charge is 0.465 e. The molecule has 0 aromatic carbocycles. The predicted molar refractivity (Wildman–Crippen MR) is 87.6 cm³/mol. The number of rotatable bonds is 5. The summed E-state index contributed by atoms with van der Waals surface area (Å²) in [7, 11) is 2.35. The molecule has 0 bridgehead atoms. The van der Waals surface area contributed by atoms with Gasteiger partial charge >= 0.3 is 17.6 Å². The Morgan fingerprint density at radius 2 is 1.84 bits per heavy atom. The normalized spacial score (nSPS) is 10.2. The Morgan fingerprint density at radius 3 is 2.36 bits per heavy atom. The van der Waals surface area contributed by atoms with Crippen LogP contribution in [0, 0.1) is 10.1 Å². The van der Waals surface area contributed by atoms with Gasteiger partial charge < -0.3 is 9.47 Å². The Labute approximate surface area is 142 Å². The van der Waals surface area contributed by atoms with Gasteiger partial charge in [-0.05, 0) is 24.1 Å². The van der Waals surface area contributed by atoms with Crippen LogP contribution in [0.4, 0.5) is 5.69 Å². The van der Waals surface area contributed by atoms with Crippen molar-refractivity contribution in [1.29, 1.82) is 0 Å². The van der Waals surface area contributed by atoms with Gasteiger partial charge in [-0.3, -0.25) is 14.7 Å². The van der Waals surface area contributed by atoms with Gasteiger partial charge in [0.1, 0.15) is 5.69 Å². The lowest BCUT2D eigenvalue weighted by Crippen LogP contribution is -2.12. The van der Waals surface area contributed by atoms with Crippen molar-refractivity contribution in [2.45, 2.75) is 6.92 Å². The first kappa shape index (κ1) is 17.9. The number of hydrogen-bond donors (Lipinski definition) is 0. The summed E-state index contributed by atoms with van der Waals surface area (Å²) in [6.07, 6.45) is 2.62. The van der Waals surface area contributed by atoms with Gasteiger partial charge in [0.05, 0.1) is 24.7 Å². The molecule has 0 radical (unpaired) electrons. The third-order valence-electron chi connectivity index (χ3n) is 3.40. The fourth-order valence-electron chi connectivity index (χ4n) is 2.13. The summed E-state index contributed by atoms with van der Waals surface area (Å²) >= 11 is 0. The molecule has 0 aliphatic heterocycles. The maximum atomic E-state index is 12.0. The highest BCUT2D eigenvalue weighted by atomic mass is 16.6. The van der Waals surface area contributed by atoms with E-state index in [4.69, 9.17) is 4.74 Å². The smallest absolute Gasteiger partial charge is 0.355 e. The number of allylic oxidation sites excluding steroid dienone is 1. The van der Waals surface area contributed by atoms with Crippen molar-refractivity contribution in [1.82, 2.24) is 9.55 Å². The molecule has 0 aliphatic rings. The lowest BCUT2D eigenvalue weighted by atomic mass is 10.2. The SMILES string of the molecule is C=C(C)c1cc(C(=O)OC)n(-c2ncc(C(=O)OC)cc2[N+](=O)[O-])c1. The van der Waals surface area contributed by atoms with Gasteiger partial charge in [-0.1, -0.05) is 6.58 Å². The zero-order valence-electron chi connectivity index (χ0n) is 13.8. The van der Waals surface area contributed by atoms with Gasteiger partial charge in [-0.15, -0.1) is 0 Å². The summed E-state index contributed by atoms with van der Waals surface area (Å²) in [5.41, 5.74) is 0.745. The Balaban J connectivity index is 2.72. The van der Waals surface area contributed by atoms with Crippen LogP contribution in [0.15, 0.2) is 31.1 Å². The van der Waals surface area contributed by atoms with E-state index in [0.717, 1.165) is 19.4 Å². The molecule has 0 unspecified atom stereocenters. The van der Waals surface area contributed by atoms with Gasteiger partial charge in [-0.25, -0.2) is 14.6 Å². The van der Waals surface area contributed by atoms with Crippen LogP contribution in [0.1, 0.15) is 33.3 Å². The van der Waals surface area contributed by atoms with Crippen molar-refractivity contribution in [2.75, 3.05) is 14.2 Å². The minimum atomic E-state index is -0.759. The van der Waals surface area contributed by atoms with E-state index in [9.17, 15) is 19.7 Å². The van der Waals surface area contributed by atoms with Crippen molar-refractivity contribution < 1.29 is 24.0 Å². The molecule has 0 amide bonds. The van der Waals surface area contributed by atoms with E-state index in [2.05, 4.69) is 16.3 Å². The number of hydrogen-bond acceptors (Lipinski definition) is 7. The summed E-state index contributed by atoms with van der Waals surface area (Å²) in [6.45, 7) is 5.51. The predicted octanol–water partition coefficient (Wildman–Crippen LogP) is 2.39. The highest BCUT2D eigenvalue weighted by Crippen LogP contribution is 2.27. The van der Waals surface area contributed by atoms with E-state index in [1.165, 1.54) is 23.9 Å². The van der Waals surface area contributed by atoms with Crippen LogP contribution >= 0.6 is 0 Å². The van der Waals surface area contributed by atoms with Crippen LogP contribution in [0.2, 0.25) is 0 Å². The average Bonchev–Trinajstić information content (AvgIpc) is 3.05. The second kappa shape index (κ2) is 6.95. The first-order valence-corrected chi connectivity index (χ1v) is 6.99. The third-order valence-corrected chi connectivity index (χ3v) is 3.40. The quantitative estimate of drug-likeness (QED) is 0.464. The molecule has 0 saturated heterocycles. The number of nitro groups is 1. The van der Waals surface area contributed by atoms with Gasteiger partial charge in [-0.2, -0.15) is 0 Å². The number of ether oxygens (including phenoxy) is 2. The van der Waals surface area contributed by atoms with E-state index >= 15 is 0 Å². The number of carbonyl (C=O) groups excluding carboxylic acids is 2. The molecule has 9 heteroatoms. The van der Waals surface area contributed by atoms with E-state index in [0.29, 0.717) is 11.1 Å². The van der Waals surface area contributed by atoms with Crippen LogP contribution < -0.4 is 0 Å². The van der Waals surface area contributed by atoms with E-state index in [-0.39, 0.29) is 17.1 Å². The Kier molecular flexibility index (Phi) is 4.97. The molecule has 2 aromatic heterocycles. The van der Waals surface area contributed by atoms with Crippen molar-refractivity contribution >= 4 is 23.2 Å². The van der Waals surface area contributed by atoms with Crippen molar-refractivity contribution in [3.63, 3.8) is 0 Å². The lowest BCUT2D eigenvalue weighted by molar-refractivity contribution is -0.384. The summed E-state index contributed by atoms with van der Waals surface area (Å²) in [5, 5.41) is 11.4. The fourth-order valence-corrected chi connectivity index (χ4v) is 2.13. The highest BCUT2D eigenvalue weighted by Gasteiger charge is 2.25. The molecule has 2 rings (SSSR count). The summed E-state index contributed by atoms with van der Waals surface area (Å²) < 4.78 is 10.5. The Morgan fingerprint density at radius 1 is 1.20 bits per heavy atom. The number of carbonyl (C=O) groups is 2. The number of aromatic nitrogens is 2. The van der Waals surface area contributed by atoms with Crippen LogP contribution in [0.3, 0.4) is 0 Å². The third kappa shape index (κ3) is 3.39. The van der Waals surface area contributed by atoms with Crippen LogP contribution in [0.5, 0.6) is 0 Å². The molecule has 9 nitrogen and oxygen atoms in total. The maximum absolute atomic E-state index is 12.0. The van der Waals surface area contributed by atoms with Crippen molar-refractivity contribution in [2.24, 2.45) is 0 Å². The fraction of sp³-hybridized carbons (Fsp3) is 0.188. The Bertz CT molecular complexity index is 884. The average molecular weight is 345 g/mol. The molecule has 0 aliphatic carbocycles. The minimum absolute atomic E-state index is 0.0434. The molecule has 2 heterocycles. The van der Waals surface area contributed by atoms with E-state index < -0.39 is 22.5 Å². The summed E-state index contributed by atoms with van der Waals surface area (Å²) in [4.78, 5) is 38.3. The second-order valence-corrected chi connectivity index (χ2v) is 5.07. The zero-order valence-corrected chi connectivity index (χ0v) is 13.8. The number of esters is 2. The molecule has 25 heavy (non-hydrogen) atoms.